The Bertz CT molecular complexity index is 2680. The van der Waals surface area contributed by atoms with Crippen molar-refractivity contribution in [2.45, 2.75) is 26.2 Å². The van der Waals surface area contributed by atoms with E-state index >= 15 is 0 Å². The molecule has 0 atom stereocenters. The van der Waals surface area contributed by atoms with Crippen LogP contribution in [0.4, 0.5) is 17.1 Å². The summed E-state index contributed by atoms with van der Waals surface area (Å²) in [6, 6.07) is 60.0. The fourth-order valence-electron chi connectivity index (χ4n) is 8.42. The molecule has 0 saturated heterocycles. The normalized spacial score (nSPS) is 13.4. The maximum absolute atomic E-state index is 3.85. The molecule has 1 heterocycles. The molecule has 0 unspecified atom stereocenters. The molecule has 54 heavy (non-hydrogen) atoms. The highest BCUT2D eigenvalue weighted by atomic mass is 15.1. The molecule has 9 rings (SSSR count). The number of anilines is 3. The molecule has 0 spiro atoms. The molecule has 8 aromatic rings. The molecule has 1 aliphatic carbocycles. The van der Waals surface area contributed by atoms with Crippen LogP contribution in [-0.4, -0.2) is 4.57 Å². The Morgan fingerprint density at radius 1 is 0.574 bits per heavy atom. The van der Waals surface area contributed by atoms with Gasteiger partial charge in [-0.1, -0.05) is 148 Å². The molecule has 0 N–H and O–H groups in total. The molecule has 0 saturated carbocycles. The van der Waals surface area contributed by atoms with Gasteiger partial charge in [-0.3, -0.25) is 0 Å². The highest BCUT2D eigenvalue weighted by molar-refractivity contribution is 6.09. The maximum atomic E-state index is 3.85. The summed E-state index contributed by atoms with van der Waals surface area (Å²) in [6.07, 6.45) is 8.05. The number of hydrogen-bond acceptors (Lipinski definition) is 1. The Morgan fingerprint density at radius 2 is 1.11 bits per heavy atom. The Labute approximate surface area is 318 Å². The summed E-state index contributed by atoms with van der Waals surface area (Å²) in [7, 11) is 0. The van der Waals surface area contributed by atoms with Gasteiger partial charge in [0.05, 0.1) is 11.0 Å². The molecule has 0 aliphatic heterocycles. The van der Waals surface area contributed by atoms with Crippen LogP contribution in [0.3, 0.4) is 0 Å². The van der Waals surface area contributed by atoms with Gasteiger partial charge < -0.3 is 9.47 Å². The van der Waals surface area contributed by atoms with Crippen LogP contribution in [0.5, 0.6) is 0 Å². The fourth-order valence-corrected chi connectivity index (χ4v) is 8.42. The van der Waals surface area contributed by atoms with Gasteiger partial charge in [-0.25, -0.2) is 0 Å². The van der Waals surface area contributed by atoms with E-state index in [9.17, 15) is 0 Å². The molecule has 1 aromatic heterocycles. The minimum atomic E-state index is -0.0922. The first-order valence-electron chi connectivity index (χ1n) is 18.8. The summed E-state index contributed by atoms with van der Waals surface area (Å²) in [5.74, 6) is 0. The van der Waals surface area contributed by atoms with Gasteiger partial charge in [0.25, 0.3) is 0 Å². The average Bonchev–Trinajstić information content (AvgIpc) is 3.67. The van der Waals surface area contributed by atoms with E-state index < -0.39 is 0 Å². The second-order valence-electron chi connectivity index (χ2n) is 14.6. The molecule has 7 aromatic carbocycles. The number of nitrogens with zero attached hydrogens (tertiary/aromatic N) is 2. The molecule has 0 radical (unpaired) electrons. The van der Waals surface area contributed by atoms with Gasteiger partial charge in [-0.2, -0.15) is 0 Å². The van der Waals surface area contributed by atoms with Crippen LogP contribution >= 0.6 is 0 Å². The highest BCUT2D eigenvalue weighted by Crippen LogP contribution is 2.50. The number of allylic oxidation sites excluding steroid dienone is 5. The van der Waals surface area contributed by atoms with E-state index in [2.05, 4.69) is 213 Å². The largest absolute Gasteiger partial charge is 0.310 e. The van der Waals surface area contributed by atoms with Gasteiger partial charge >= 0.3 is 0 Å². The molecule has 1 aliphatic rings. The lowest BCUT2D eigenvalue weighted by Crippen LogP contribution is -2.16. The number of fused-ring (bicyclic) bond motifs is 6. The molecule has 260 valence electrons. The SMILES string of the molecule is C=C/C=C\C(=C/C)c1ccc(N(c2ccc(-c3ccc(-n4c5ccccc5c5ccccc54)cc3)cc2)c2ccc3c(c2)C(C)(C)c2ccccc2-3)cc1. The monoisotopic (exact) mass is 694 g/mol. The molecule has 2 heteroatoms. The second kappa shape index (κ2) is 13.4. The summed E-state index contributed by atoms with van der Waals surface area (Å²) in [4.78, 5) is 2.38. The Kier molecular flexibility index (Phi) is 8.24. The zero-order chi connectivity index (χ0) is 36.8. The third-order valence-electron chi connectivity index (χ3n) is 11.2. The third-order valence-corrected chi connectivity index (χ3v) is 11.2. The van der Waals surface area contributed by atoms with E-state index in [1.54, 1.807) is 0 Å². The van der Waals surface area contributed by atoms with Crippen molar-refractivity contribution in [2.24, 2.45) is 0 Å². The molecule has 2 nitrogen and oxygen atoms in total. The van der Waals surface area contributed by atoms with Crippen molar-refractivity contribution in [1.82, 2.24) is 4.57 Å². The van der Waals surface area contributed by atoms with Gasteiger partial charge in [0, 0.05) is 38.9 Å². The second-order valence-corrected chi connectivity index (χ2v) is 14.6. The zero-order valence-corrected chi connectivity index (χ0v) is 31.0. The number of para-hydroxylation sites is 2. The Hall–Kier alpha value is -6.64. The minimum absolute atomic E-state index is 0.0922. The van der Waals surface area contributed by atoms with Crippen molar-refractivity contribution in [2.75, 3.05) is 4.90 Å². The van der Waals surface area contributed by atoms with Crippen LogP contribution < -0.4 is 4.90 Å². The number of hydrogen-bond donors (Lipinski definition) is 0. The Morgan fingerprint density at radius 3 is 1.74 bits per heavy atom. The fraction of sp³-hybridized carbons (Fsp3) is 0.0769. The molecular formula is C52H42N2. The third kappa shape index (κ3) is 5.50. The lowest BCUT2D eigenvalue weighted by atomic mass is 9.82. The summed E-state index contributed by atoms with van der Waals surface area (Å²) in [6.45, 7) is 10.6. The van der Waals surface area contributed by atoms with Gasteiger partial charge in [-0.05, 0) is 112 Å². The number of rotatable bonds is 8. The van der Waals surface area contributed by atoms with Crippen molar-refractivity contribution in [3.05, 3.63) is 211 Å². The standard InChI is InChI=1S/C52H42N2/c1-5-7-14-36(6-2)37-21-27-40(28-22-37)53(43-33-34-45-44-15-8-11-18-48(44)52(3,4)49(45)35-43)41-29-23-38(24-30-41)39-25-31-42(32-26-39)54-50-19-12-9-16-46(50)47-17-10-13-20-51(47)54/h5-35H,1H2,2-4H3/b14-7-,36-6+. The van der Waals surface area contributed by atoms with Gasteiger partial charge in [-0.15, -0.1) is 0 Å². The van der Waals surface area contributed by atoms with Crippen LogP contribution in [0.15, 0.2) is 195 Å². The first kappa shape index (κ1) is 33.2. The minimum Gasteiger partial charge on any atom is -0.310 e. The van der Waals surface area contributed by atoms with E-state index in [-0.39, 0.29) is 5.41 Å². The van der Waals surface area contributed by atoms with E-state index in [0.29, 0.717) is 0 Å². The Balaban J connectivity index is 1.09. The van der Waals surface area contributed by atoms with Crippen LogP contribution in [0.25, 0.3) is 55.3 Å². The van der Waals surface area contributed by atoms with Gasteiger partial charge in [0.15, 0.2) is 0 Å². The molecule has 0 fully saturated rings. The summed E-state index contributed by atoms with van der Waals surface area (Å²) in [5.41, 5.74) is 17.0. The molecule has 0 amide bonds. The van der Waals surface area contributed by atoms with Crippen molar-refractivity contribution in [3.63, 3.8) is 0 Å². The summed E-state index contributed by atoms with van der Waals surface area (Å²) < 4.78 is 2.37. The van der Waals surface area contributed by atoms with Gasteiger partial charge in [0.1, 0.15) is 0 Å². The number of benzene rings is 7. The lowest BCUT2D eigenvalue weighted by Gasteiger charge is -2.28. The quantitative estimate of drug-likeness (QED) is 0.144. The molecular weight excluding hydrogens is 653 g/mol. The van der Waals surface area contributed by atoms with E-state index in [1.165, 1.54) is 66.3 Å². The maximum Gasteiger partial charge on any atom is 0.0541 e. The average molecular weight is 695 g/mol. The van der Waals surface area contributed by atoms with E-state index in [4.69, 9.17) is 0 Å². The summed E-state index contributed by atoms with van der Waals surface area (Å²) in [5, 5.41) is 2.55. The smallest absolute Gasteiger partial charge is 0.0541 e. The highest BCUT2D eigenvalue weighted by Gasteiger charge is 2.35. The van der Waals surface area contributed by atoms with Crippen LogP contribution in [0, 0.1) is 0 Å². The van der Waals surface area contributed by atoms with Gasteiger partial charge in [0.2, 0.25) is 0 Å². The van der Waals surface area contributed by atoms with E-state index in [1.807, 2.05) is 12.2 Å². The predicted octanol–water partition coefficient (Wildman–Crippen LogP) is 14.4. The summed E-state index contributed by atoms with van der Waals surface area (Å²) >= 11 is 0. The van der Waals surface area contributed by atoms with Crippen molar-refractivity contribution < 1.29 is 0 Å². The first-order valence-corrected chi connectivity index (χ1v) is 18.8. The molecule has 0 bridgehead atoms. The lowest BCUT2D eigenvalue weighted by molar-refractivity contribution is 0.660. The predicted molar refractivity (Wildman–Crippen MR) is 231 cm³/mol. The first-order chi connectivity index (χ1) is 26.5. The van der Waals surface area contributed by atoms with Crippen molar-refractivity contribution in [3.8, 4) is 27.9 Å². The number of aromatic nitrogens is 1. The zero-order valence-electron chi connectivity index (χ0n) is 31.0. The van der Waals surface area contributed by atoms with Crippen LogP contribution in [0.1, 0.15) is 37.5 Å². The van der Waals surface area contributed by atoms with Crippen molar-refractivity contribution in [1.29, 1.82) is 0 Å². The van der Waals surface area contributed by atoms with Crippen LogP contribution in [-0.2, 0) is 5.41 Å². The van der Waals surface area contributed by atoms with E-state index in [0.717, 1.165) is 22.7 Å². The van der Waals surface area contributed by atoms with Crippen LogP contribution in [0.2, 0.25) is 0 Å². The van der Waals surface area contributed by atoms with Crippen molar-refractivity contribution >= 4 is 44.4 Å². The topological polar surface area (TPSA) is 8.17 Å².